The number of hydrogen-bond acceptors (Lipinski definition) is 7. The molecule has 0 unspecified atom stereocenters. The number of esters is 2. The van der Waals surface area contributed by atoms with Gasteiger partial charge in [-0.3, -0.25) is 4.79 Å². The molecule has 3 rings (SSSR count). The van der Waals surface area contributed by atoms with Crippen molar-refractivity contribution in [2.45, 2.75) is 48.6 Å². The van der Waals surface area contributed by atoms with E-state index in [0.717, 1.165) is 4.90 Å². The van der Waals surface area contributed by atoms with Crippen LogP contribution < -0.4 is 0 Å². The quantitative estimate of drug-likeness (QED) is 0.770. The average molecular weight is 402 g/mol. The number of thioether (sulfide) groups is 1. The molecule has 6 nitrogen and oxygen atoms in total. The van der Waals surface area contributed by atoms with Crippen molar-refractivity contribution < 1.29 is 28.9 Å². The number of carbonyl (C=O) groups excluding carboxylic acids is 2. The van der Waals surface area contributed by atoms with Gasteiger partial charge in [0.2, 0.25) is 0 Å². The minimum Gasteiger partial charge on any atom is -0.457 e. The largest absolute Gasteiger partial charge is 0.457 e. The normalized spacial score (nSPS) is 27.0. The first kappa shape index (κ1) is 20.4. The third-order valence-corrected chi connectivity index (χ3v) is 5.63. The van der Waals surface area contributed by atoms with Crippen LogP contribution in [0.1, 0.15) is 24.2 Å². The lowest BCUT2D eigenvalue weighted by molar-refractivity contribution is -0.229. The monoisotopic (exact) mass is 402 g/mol. The highest BCUT2D eigenvalue weighted by Crippen LogP contribution is 2.36. The maximum Gasteiger partial charge on any atom is 0.338 e. The second kappa shape index (κ2) is 9.23. The number of rotatable bonds is 5. The molecule has 7 heteroatoms. The Morgan fingerprint density at radius 3 is 2.18 bits per heavy atom. The maximum atomic E-state index is 12.5. The third kappa shape index (κ3) is 4.92. The van der Waals surface area contributed by atoms with Crippen LogP contribution in [0, 0.1) is 0 Å². The Labute approximate surface area is 167 Å². The minimum absolute atomic E-state index is 0.384. The Hall–Kier alpha value is -2.35. The van der Waals surface area contributed by atoms with E-state index in [9.17, 15) is 14.7 Å². The number of ether oxygens (including phenoxy) is 3. The van der Waals surface area contributed by atoms with Crippen molar-refractivity contribution in [1.82, 2.24) is 0 Å². The van der Waals surface area contributed by atoms with Crippen LogP contribution in [-0.4, -0.2) is 46.9 Å². The van der Waals surface area contributed by atoms with Crippen LogP contribution in [0.2, 0.25) is 0 Å². The van der Waals surface area contributed by atoms with Crippen molar-refractivity contribution in [2.24, 2.45) is 0 Å². The highest BCUT2D eigenvalue weighted by Gasteiger charge is 2.48. The molecule has 0 saturated carbocycles. The van der Waals surface area contributed by atoms with Gasteiger partial charge in [-0.15, -0.1) is 11.8 Å². The summed E-state index contributed by atoms with van der Waals surface area (Å²) >= 11 is 1.31. The van der Waals surface area contributed by atoms with E-state index in [4.69, 9.17) is 14.2 Å². The second-order valence-corrected chi connectivity index (χ2v) is 7.69. The Balaban J connectivity index is 1.85. The lowest BCUT2D eigenvalue weighted by Gasteiger charge is -2.42. The molecule has 2 aromatic rings. The Kier molecular flexibility index (Phi) is 6.72. The topological polar surface area (TPSA) is 82.1 Å². The van der Waals surface area contributed by atoms with Crippen molar-refractivity contribution in [3.63, 3.8) is 0 Å². The molecule has 0 aromatic heterocycles. The van der Waals surface area contributed by atoms with Crippen molar-refractivity contribution in [1.29, 1.82) is 0 Å². The molecule has 2 aromatic carbocycles. The molecule has 1 N–H and O–H groups in total. The van der Waals surface area contributed by atoms with Crippen molar-refractivity contribution in [3.8, 4) is 0 Å². The Morgan fingerprint density at radius 2 is 1.57 bits per heavy atom. The van der Waals surface area contributed by atoms with Crippen molar-refractivity contribution >= 4 is 23.7 Å². The van der Waals surface area contributed by atoms with Crippen LogP contribution >= 0.6 is 11.8 Å². The highest BCUT2D eigenvalue weighted by atomic mass is 32.2. The Bertz CT molecular complexity index is 797. The molecule has 5 atom stereocenters. The summed E-state index contributed by atoms with van der Waals surface area (Å²) in [6.07, 6.45) is -3.56. The van der Waals surface area contributed by atoms with Gasteiger partial charge in [0.1, 0.15) is 5.25 Å². The number of aliphatic hydroxyl groups is 1. The molecular weight excluding hydrogens is 380 g/mol. The minimum atomic E-state index is -1.18. The van der Waals surface area contributed by atoms with Crippen molar-refractivity contribution in [2.75, 3.05) is 0 Å². The molecule has 0 aliphatic carbocycles. The van der Waals surface area contributed by atoms with Crippen LogP contribution in [0.25, 0.3) is 0 Å². The zero-order valence-electron chi connectivity index (χ0n) is 15.6. The highest BCUT2D eigenvalue weighted by molar-refractivity contribution is 8.00. The summed E-state index contributed by atoms with van der Waals surface area (Å²) in [5.41, 5.74) is 0.384. The van der Waals surface area contributed by atoms with Gasteiger partial charge in [-0.25, -0.2) is 4.79 Å². The Morgan fingerprint density at radius 1 is 0.964 bits per heavy atom. The first-order valence-corrected chi connectivity index (χ1v) is 9.82. The summed E-state index contributed by atoms with van der Waals surface area (Å²) in [5.74, 6) is -1.07. The number of carbonyl (C=O) groups is 2. The van der Waals surface area contributed by atoms with Crippen LogP contribution in [0.3, 0.4) is 0 Å². The molecule has 1 heterocycles. The van der Waals surface area contributed by atoms with E-state index in [2.05, 4.69) is 0 Å². The third-order valence-electron chi connectivity index (χ3n) is 4.32. The fraction of sp³-hybridized carbons (Fsp3) is 0.333. The van der Waals surface area contributed by atoms with E-state index in [1.165, 1.54) is 18.7 Å². The van der Waals surface area contributed by atoms with Gasteiger partial charge < -0.3 is 19.3 Å². The standard InChI is InChI=1S/C21H22O6S/c1-13-17(27-20(23)15-9-5-3-6-10-15)18(26-14(2)22)19(21(24)25-13)28-16-11-7-4-8-12-16/h3-13,17-19,21,24H,1-2H3/t13-,17-,18+,19-,21-/m0/s1. The molecule has 1 aliphatic heterocycles. The van der Waals surface area contributed by atoms with Gasteiger partial charge in [-0.1, -0.05) is 36.4 Å². The van der Waals surface area contributed by atoms with E-state index in [1.807, 2.05) is 30.3 Å². The van der Waals surface area contributed by atoms with Gasteiger partial charge in [-0.2, -0.15) is 0 Å². The van der Waals surface area contributed by atoms with Crippen LogP contribution in [0.15, 0.2) is 65.6 Å². The maximum absolute atomic E-state index is 12.5. The van der Waals surface area contributed by atoms with Gasteiger partial charge in [0, 0.05) is 11.8 Å². The lowest BCUT2D eigenvalue weighted by atomic mass is 10.0. The predicted molar refractivity (Wildman–Crippen MR) is 104 cm³/mol. The summed E-state index contributed by atoms with van der Waals surface area (Å²) in [6, 6.07) is 17.9. The SMILES string of the molecule is CC(=O)O[C@@H]1[C@@H](OC(=O)c2ccccc2)[C@H](C)O[C@H](O)[C@H]1Sc1ccccc1. The molecule has 0 radical (unpaired) electrons. The summed E-state index contributed by atoms with van der Waals surface area (Å²) in [6.45, 7) is 2.96. The van der Waals surface area contributed by atoms with Gasteiger partial charge in [0.25, 0.3) is 0 Å². The van der Waals surface area contributed by atoms with E-state index in [0.29, 0.717) is 5.56 Å². The first-order valence-electron chi connectivity index (χ1n) is 8.94. The molecule has 1 fully saturated rings. The van der Waals surface area contributed by atoms with E-state index < -0.39 is 41.8 Å². The molecule has 0 bridgehead atoms. The number of benzene rings is 2. The molecule has 1 saturated heterocycles. The van der Waals surface area contributed by atoms with Gasteiger partial charge in [0.15, 0.2) is 18.5 Å². The summed E-state index contributed by atoms with van der Waals surface area (Å²) in [5, 5.41) is 9.82. The van der Waals surface area contributed by atoms with Gasteiger partial charge >= 0.3 is 11.9 Å². The van der Waals surface area contributed by atoms with Gasteiger partial charge in [0.05, 0.1) is 11.7 Å². The first-order chi connectivity index (χ1) is 13.5. The molecular formula is C21H22O6S. The van der Waals surface area contributed by atoms with Crippen LogP contribution in [-0.2, 0) is 19.0 Å². The molecule has 1 aliphatic rings. The zero-order chi connectivity index (χ0) is 20.1. The summed E-state index contributed by atoms with van der Waals surface area (Å²) in [7, 11) is 0. The molecule has 0 spiro atoms. The summed E-state index contributed by atoms with van der Waals surface area (Å²) in [4.78, 5) is 25.1. The second-order valence-electron chi connectivity index (χ2n) is 6.44. The molecule has 148 valence electrons. The van der Waals surface area contributed by atoms with Gasteiger partial charge in [-0.05, 0) is 31.2 Å². The predicted octanol–water partition coefficient (Wildman–Crippen LogP) is 3.04. The van der Waals surface area contributed by atoms with E-state index in [-0.39, 0.29) is 0 Å². The fourth-order valence-electron chi connectivity index (χ4n) is 3.03. The lowest BCUT2D eigenvalue weighted by Crippen LogP contribution is -2.58. The molecule has 28 heavy (non-hydrogen) atoms. The fourth-order valence-corrected chi connectivity index (χ4v) is 4.18. The molecule has 0 amide bonds. The van der Waals surface area contributed by atoms with E-state index in [1.54, 1.807) is 37.3 Å². The van der Waals surface area contributed by atoms with Crippen LogP contribution in [0.4, 0.5) is 0 Å². The van der Waals surface area contributed by atoms with E-state index >= 15 is 0 Å². The number of hydrogen-bond donors (Lipinski definition) is 1. The summed E-state index contributed by atoms with van der Waals surface area (Å²) < 4.78 is 16.7. The smallest absolute Gasteiger partial charge is 0.338 e. The van der Waals surface area contributed by atoms with Crippen LogP contribution in [0.5, 0.6) is 0 Å². The number of aliphatic hydroxyl groups excluding tert-OH is 1. The zero-order valence-corrected chi connectivity index (χ0v) is 16.4. The average Bonchev–Trinajstić information content (AvgIpc) is 2.69. The van der Waals surface area contributed by atoms with Crippen molar-refractivity contribution in [3.05, 3.63) is 66.2 Å².